The molecule has 0 saturated heterocycles. The highest BCUT2D eigenvalue weighted by Crippen LogP contribution is 2.01. The third kappa shape index (κ3) is 1.24. The van der Waals surface area contributed by atoms with Crippen LogP contribution in [0.3, 0.4) is 0 Å². The van der Waals surface area contributed by atoms with E-state index < -0.39 is 0 Å². The van der Waals surface area contributed by atoms with Gasteiger partial charge in [-0.2, -0.15) is 0 Å². The lowest BCUT2D eigenvalue weighted by molar-refractivity contribution is 0.927. The largest absolute Gasteiger partial charge is 0.0915 e. The minimum Gasteiger partial charge on any atom is -0.0915 e. The topological polar surface area (TPSA) is 0 Å². The van der Waals surface area contributed by atoms with Crippen molar-refractivity contribution in [3.63, 3.8) is 0 Å². The van der Waals surface area contributed by atoms with E-state index in [1.54, 1.807) is 11.3 Å². The molecule has 0 aromatic carbocycles. The summed E-state index contributed by atoms with van der Waals surface area (Å²) in [4.78, 5) is 0. The molecule has 0 amide bonds. The van der Waals surface area contributed by atoms with Gasteiger partial charge in [-0.1, -0.05) is 30.7 Å². The quantitative estimate of drug-likeness (QED) is 0.567. The lowest BCUT2D eigenvalue weighted by atomic mass is 10.2. The first-order valence-electron chi connectivity index (χ1n) is 2.79. The first-order valence-corrected chi connectivity index (χ1v) is 3.67. The normalized spacial score (nSPS) is 8.62. The Morgan fingerprint density at radius 1 is 1.75 bits per heavy atom. The molecule has 1 rings (SSSR count). The van der Waals surface area contributed by atoms with Gasteiger partial charge >= 0.3 is 0 Å². The molecule has 0 unspecified atom stereocenters. The zero-order chi connectivity index (χ0) is 5.82. The third-order valence-electron chi connectivity index (χ3n) is 0.991. The van der Waals surface area contributed by atoms with Gasteiger partial charge in [0.1, 0.15) is 0 Å². The molecule has 0 atom stereocenters. The Morgan fingerprint density at radius 3 is 3.12 bits per heavy atom. The van der Waals surface area contributed by atoms with E-state index in [4.69, 9.17) is 0 Å². The van der Waals surface area contributed by atoms with E-state index in [0.29, 0.717) is 0 Å². The predicted octanol–water partition coefficient (Wildman–Crippen LogP) is 2.30. The van der Waals surface area contributed by atoms with Crippen LogP contribution in [0.5, 0.6) is 0 Å². The van der Waals surface area contributed by atoms with Gasteiger partial charge < -0.3 is 0 Å². The van der Waals surface area contributed by atoms with E-state index >= 15 is 0 Å². The van der Waals surface area contributed by atoms with Gasteiger partial charge in [-0.05, 0) is 11.8 Å². The van der Waals surface area contributed by atoms with Crippen molar-refractivity contribution in [1.29, 1.82) is 0 Å². The summed E-state index contributed by atoms with van der Waals surface area (Å²) >= 11 is 1.60. The van der Waals surface area contributed by atoms with E-state index in [1.807, 2.05) is 0 Å². The van der Waals surface area contributed by atoms with Crippen LogP contribution in [-0.4, -0.2) is 0 Å². The maximum atomic E-state index is 3.03. The fraction of sp³-hybridized carbons (Fsp3) is 0.429. The van der Waals surface area contributed by atoms with E-state index in [2.05, 4.69) is 23.8 Å². The van der Waals surface area contributed by atoms with Crippen LogP contribution in [0.25, 0.3) is 0 Å². The van der Waals surface area contributed by atoms with Crippen molar-refractivity contribution >= 4 is 11.3 Å². The number of rotatable bonds is 2. The van der Waals surface area contributed by atoms with Crippen molar-refractivity contribution in [3.8, 4) is 0 Å². The molecular formula is C7H8S. The zero-order valence-corrected chi connectivity index (χ0v) is 5.72. The SMILES string of the molecule is CCCc1c#csc1. The van der Waals surface area contributed by atoms with Gasteiger partial charge in [0, 0.05) is 10.9 Å². The van der Waals surface area contributed by atoms with Gasteiger partial charge in [0.15, 0.2) is 0 Å². The van der Waals surface area contributed by atoms with Gasteiger partial charge in [0.25, 0.3) is 0 Å². The molecule has 1 heterocycles. The first kappa shape index (κ1) is 5.65. The summed E-state index contributed by atoms with van der Waals surface area (Å²) in [6.45, 7) is 2.17. The Balaban J connectivity index is 2.50. The van der Waals surface area contributed by atoms with Gasteiger partial charge in [-0.3, -0.25) is 0 Å². The summed E-state index contributed by atoms with van der Waals surface area (Å²) in [5, 5.41) is 5.03. The lowest BCUT2D eigenvalue weighted by Crippen LogP contribution is -1.73. The summed E-state index contributed by atoms with van der Waals surface area (Å²) in [7, 11) is 0. The molecule has 0 fully saturated rings. The van der Waals surface area contributed by atoms with Crippen molar-refractivity contribution in [2.45, 2.75) is 19.8 Å². The molecule has 1 aromatic heterocycles. The second-order valence-corrected chi connectivity index (χ2v) is 2.41. The van der Waals surface area contributed by atoms with Crippen LogP contribution in [0.1, 0.15) is 18.9 Å². The second-order valence-electron chi connectivity index (χ2n) is 1.74. The Morgan fingerprint density at radius 2 is 2.62 bits per heavy atom. The van der Waals surface area contributed by atoms with Crippen molar-refractivity contribution in [3.05, 3.63) is 22.4 Å². The summed E-state index contributed by atoms with van der Waals surface area (Å²) in [6.07, 6.45) is 2.36. The van der Waals surface area contributed by atoms with Crippen molar-refractivity contribution in [1.82, 2.24) is 0 Å². The van der Waals surface area contributed by atoms with Gasteiger partial charge in [-0.25, -0.2) is 0 Å². The summed E-state index contributed by atoms with van der Waals surface area (Å²) in [6, 6.07) is 3.03. The fourth-order valence-corrected chi connectivity index (χ4v) is 1.18. The minimum absolute atomic E-state index is 1.15. The molecule has 0 nitrogen and oxygen atoms in total. The molecule has 0 aliphatic carbocycles. The summed E-state index contributed by atoms with van der Waals surface area (Å²) in [5.41, 5.74) is 1.30. The van der Waals surface area contributed by atoms with E-state index in [9.17, 15) is 0 Å². The van der Waals surface area contributed by atoms with Gasteiger partial charge in [0.2, 0.25) is 0 Å². The average Bonchev–Trinajstić information content (AvgIpc) is 2.19. The maximum Gasteiger partial charge on any atom is 0.0138 e. The third-order valence-corrected chi connectivity index (χ3v) is 1.61. The van der Waals surface area contributed by atoms with E-state index in [0.717, 1.165) is 6.42 Å². The highest BCUT2D eigenvalue weighted by Gasteiger charge is 1.85. The molecule has 0 aliphatic rings. The monoisotopic (exact) mass is 124 g/mol. The van der Waals surface area contributed by atoms with Crippen LogP contribution in [0.2, 0.25) is 0 Å². The molecule has 0 radical (unpaired) electrons. The van der Waals surface area contributed by atoms with Crippen LogP contribution in [0, 0.1) is 11.4 Å². The molecule has 42 valence electrons. The fourth-order valence-electron chi connectivity index (χ4n) is 0.616. The number of hydrogen-bond donors (Lipinski definition) is 0. The van der Waals surface area contributed by atoms with Crippen molar-refractivity contribution < 1.29 is 0 Å². The number of hydrogen-bond acceptors (Lipinski definition) is 1. The molecule has 0 spiro atoms. The first-order chi connectivity index (χ1) is 3.93. The summed E-state index contributed by atoms with van der Waals surface area (Å²) in [5.74, 6) is 0. The molecule has 0 N–H and O–H groups in total. The van der Waals surface area contributed by atoms with E-state index in [-0.39, 0.29) is 0 Å². The van der Waals surface area contributed by atoms with Crippen molar-refractivity contribution in [2.24, 2.45) is 0 Å². The Bertz CT molecular complexity index is 130. The van der Waals surface area contributed by atoms with Gasteiger partial charge in [0.05, 0.1) is 0 Å². The van der Waals surface area contributed by atoms with Crippen LogP contribution >= 0.6 is 11.3 Å². The maximum absolute atomic E-state index is 3.03. The summed E-state index contributed by atoms with van der Waals surface area (Å²) < 4.78 is 0. The van der Waals surface area contributed by atoms with Crippen LogP contribution in [-0.2, 0) is 6.42 Å². The Kier molecular flexibility index (Phi) is 1.93. The molecular weight excluding hydrogens is 116 g/mol. The Hall–Kier alpha value is -0.480. The number of aryl methyl sites for hydroxylation is 1. The Labute approximate surface area is 54.2 Å². The molecule has 1 heteroatoms. The van der Waals surface area contributed by atoms with Gasteiger partial charge in [-0.15, -0.1) is 0 Å². The smallest absolute Gasteiger partial charge is 0.0138 e. The van der Waals surface area contributed by atoms with Crippen LogP contribution in [0.4, 0.5) is 0 Å². The predicted molar refractivity (Wildman–Crippen MR) is 36.0 cm³/mol. The molecule has 1 aromatic rings. The molecule has 0 saturated carbocycles. The van der Waals surface area contributed by atoms with Crippen LogP contribution < -0.4 is 0 Å². The second kappa shape index (κ2) is 2.74. The highest BCUT2D eigenvalue weighted by molar-refractivity contribution is 7.06. The molecule has 0 aliphatic heterocycles. The minimum atomic E-state index is 1.15. The van der Waals surface area contributed by atoms with E-state index in [1.165, 1.54) is 12.0 Å². The average molecular weight is 124 g/mol. The van der Waals surface area contributed by atoms with Crippen molar-refractivity contribution in [2.75, 3.05) is 0 Å². The zero-order valence-electron chi connectivity index (χ0n) is 4.90. The lowest BCUT2D eigenvalue weighted by Gasteiger charge is -1.83. The standard InChI is InChI=1S/C7H8S/c1-2-3-7-4-5-8-6-7/h6H,2-3H2,1H3. The molecule has 0 bridgehead atoms. The highest BCUT2D eigenvalue weighted by atomic mass is 32.1. The molecule has 8 heavy (non-hydrogen) atoms. The van der Waals surface area contributed by atoms with Crippen LogP contribution in [0.15, 0.2) is 5.38 Å².